The molecule has 1 fully saturated rings. The monoisotopic (exact) mass is 413 g/mol. The van der Waals surface area contributed by atoms with Gasteiger partial charge in [0.2, 0.25) is 15.9 Å². The number of sulfonamides is 1. The first-order chi connectivity index (χ1) is 13.9. The number of amides is 1. The lowest BCUT2D eigenvalue weighted by atomic mass is 9.94. The molecule has 1 atom stereocenters. The molecule has 0 radical (unpaired) electrons. The number of rotatable bonds is 4. The number of hydrogen-bond acceptors (Lipinski definition) is 5. The molecule has 1 aromatic carbocycles. The zero-order valence-electron chi connectivity index (χ0n) is 16.4. The third kappa shape index (κ3) is 3.75. The quantitative estimate of drug-likeness (QED) is 0.709. The van der Waals surface area contributed by atoms with Gasteiger partial charge in [-0.15, -0.1) is 0 Å². The van der Waals surface area contributed by atoms with Crippen molar-refractivity contribution >= 4 is 32.7 Å². The van der Waals surface area contributed by atoms with Crippen LogP contribution in [0.2, 0.25) is 0 Å². The standard InChI is InChI=1S/C20H23N5O3S/c1-14(26)22-16-7-3-8-17(12-16)29(27,28)25-11-5-6-15(13-25)19-18-9-4-10-21-20(18)24(2)23-19/h3-4,7-10,12,15H,5-6,11,13H2,1-2H3,(H,22,26)/t15-/m1/s1. The van der Waals surface area contributed by atoms with Crippen LogP contribution in [0.3, 0.4) is 0 Å². The second kappa shape index (κ2) is 7.57. The number of aromatic nitrogens is 3. The van der Waals surface area contributed by atoms with Crippen molar-refractivity contribution < 1.29 is 13.2 Å². The van der Waals surface area contributed by atoms with Crippen molar-refractivity contribution in [2.45, 2.75) is 30.6 Å². The fraction of sp³-hybridized carbons (Fsp3) is 0.350. The van der Waals surface area contributed by atoms with Crippen molar-refractivity contribution in [3.8, 4) is 0 Å². The van der Waals surface area contributed by atoms with E-state index in [-0.39, 0.29) is 16.7 Å². The van der Waals surface area contributed by atoms with Gasteiger partial charge >= 0.3 is 0 Å². The number of nitrogens with zero attached hydrogens (tertiary/aromatic N) is 4. The summed E-state index contributed by atoms with van der Waals surface area (Å²) in [6.45, 7) is 2.22. The van der Waals surface area contributed by atoms with Gasteiger partial charge in [0, 0.05) is 50.2 Å². The van der Waals surface area contributed by atoms with E-state index in [9.17, 15) is 13.2 Å². The molecular weight excluding hydrogens is 390 g/mol. The lowest BCUT2D eigenvalue weighted by Gasteiger charge is -2.31. The predicted molar refractivity (Wildman–Crippen MR) is 110 cm³/mol. The molecule has 1 saturated heterocycles. The van der Waals surface area contributed by atoms with Gasteiger partial charge in [0.25, 0.3) is 0 Å². The van der Waals surface area contributed by atoms with Crippen LogP contribution in [0.4, 0.5) is 5.69 Å². The Morgan fingerprint density at radius 2 is 2.07 bits per heavy atom. The summed E-state index contributed by atoms with van der Waals surface area (Å²) in [5.41, 5.74) is 2.15. The van der Waals surface area contributed by atoms with Gasteiger partial charge in [-0.3, -0.25) is 9.48 Å². The molecule has 0 bridgehead atoms. The molecule has 9 heteroatoms. The van der Waals surface area contributed by atoms with Crippen molar-refractivity contribution in [3.63, 3.8) is 0 Å². The van der Waals surface area contributed by atoms with Gasteiger partial charge in [0.05, 0.1) is 10.6 Å². The van der Waals surface area contributed by atoms with E-state index in [1.54, 1.807) is 29.1 Å². The molecule has 0 aliphatic carbocycles. The predicted octanol–water partition coefficient (Wildman–Crippen LogP) is 2.50. The maximum absolute atomic E-state index is 13.2. The minimum absolute atomic E-state index is 0.00459. The maximum Gasteiger partial charge on any atom is 0.243 e. The molecule has 1 aliphatic rings. The van der Waals surface area contributed by atoms with Gasteiger partial charge in [-0.05, 0) is 43.2 Å². The summed E-state index contributed by atoms with van der Waals surface area (Å²) in [5, 5.41) is 8.24. The number of anilines is 1. The molecule has 8 nitrogen and oxygen atoms in total. The SMILES string of the molecule is CC(=O)Nc1cccc(S(=O)(=O)N2CCC[C@@H](c3nn(C)c4ncccc34)C2)c1. The van der Waals surface area contributed by atoms with E-state index in [1.165, 1.54) is 17.3 Å². The molecule has 0 spiro atoms. The molecule has 1 N–H and O–H groups in total. The summed E-state index contributed by atoms with van der Waals surface area (Å²) in [5.74, 6) is -0.238. The van der Waals surface area contributed by atoms with E-state index in [0.717, 1.165) is 29.6 Å². The van der Waals surface area contributed by atoms with Crippen LogP contribution in [0.15, 0.2) is 47.5 Å². The molecule has 3 heterocycles. The van der Waals surface area contributed by atoms with E-state index in [2.05, 4.69) is 15.4 Å². The van der Waals surface area contributed by atoms with Crippen molar-refractivity contribution in [1.29, 1.82) is 0 Å². The number of carbonyl (C=O) groups excluding carboxylic acids is 1. The number of nitrogens with one attached hydrogen (secondary N) is 1. The molecule has 1 aliphatic heterocycles. The van der Waals surface area contributed by atoms with Crippen LogP contribution < -0.4 is 5.32 Å². The summed E-state index contributed by atoms with van der Waals surface area (Å²) < 4.78 is 29.8. The highest BCUT2D eigenvalue weighted by molar-refractivity contribution is 7.89. The smallest absolute Gasteiger partial charge is 0.243 e. The Kier molecular flexibility index (Phi) is 5.10. The molecule has 4 rings (SSSR count). The lowest BCUT2D eigenvalue weighted by Crippen LogP contribution is -2.39. The minimum Gasteiger partial charge on any atom is -0.326 e. The average molecular weight is 414 g/mol. The zero-order chi connectivity index (χ0) is 20.6. The molecule has 0 unspecified atom stereocenters. The first-order valence-corrected chi connectivity index (χ1v) is 11.0. The molecule has 3 aromatic rings. The third-order valence-electron chi connectivity index (χ3n) is 5.19. The minimum atomic E-state index is -3.68. The van der Waals surface area contributed by atoms with Crippen LogP contribution in [0.5, 0.6) is 0 Å². The fourth-order valence-corrected chi connectivity index (χ4v) is 5.46. The second-order valence-electron chi connectivity index (χ2n) is 7.29. The fourth-order valence-electron chi connectivity index (χ4n) is 3.89. The van der Waals surface area contributed by atoms with E-state index in [0.29, 0.717) is 18.8 Å². The van der Waals surface area contributed by atoms with Crippen LogP contribution in [0, 0.1) is 0 Å². The normalized spacial score (nSPS) is 18.1. The van der Waals surface area contributed by atoms with Gasteiger partial charge in [0.1, 0.15) is 0 Å². The summed E-state index contributed by atoms with van der Waals surface area (Å²) in [6, 6.07) is 10.2. The van der Waals surface area contributed by atoms with Crippen molar-refractivity contribution in [2.75, 3.05) is 18.4 Å². The Hall–Kier alpha value is -2.78. The lowest BCUT2D eigenvalue weighted by molar-refractivity contribution is -0.114. The number of benzene rings is 1. The van der Waals surface area contributed by atoms with Crippen LogP contribution >= 0.6 is 0 Å². The Morgan fingerprint density at radius 1 is 1.24 bits per heavy atom. The Bertz CT molecular complexity index is 1170. The van der Waals surface area contributed by atoms with Crippen LogP contribution in [0.25, 0.3) is 11.0 Å². The topological polar surface area (TPSA) is 97.2 Å². The van der Waals surface area contributed by atoms with Crippen LogP contribution in [0.1, 0.15) is 31.4 Å². The summed E-state index contributed by atoms with van der Waals surface area (Å²) >= 11 is 0. The Labute approximate surface area is 169 Å². The molecule has 0 saturated carbocycles. The number of piperidine rings is 1. The van der Waals surface area contributed by atoms with Crippen molar-refractivity contribution in [2.24, 2.45) is 7.05 Å². The second-order valence-corrected chi connectivity index (χ2v) is 9.23. The van der Waals surface area contributed by atoms with Gasteiger partial charge < -0.3 is 5.32 Å². The number of aryl methyl sites for hydroxylation is 1. The van der Waals surface area contributed by atoms with E-state index in [1.807, 2.05) is 19.2 Å². The highest BCUT2D eigenvalue weighted by Gasteiger charge is 2.33. The summed E-state index contributed by atoms with van der Waals surface area (Å²) in [6.07, 6.45) is 3.36. The number of fused-ring (bicyclic) bond motifs is 1. The number of hydrogen-bond donors (Lipinski definition) is 1. The van der Waals surface area contributed by atoms with Crippen LogP contribution in [-0.4, -0.2) is 46.5 Å². The molecule has 152 valence electrons. The summed E-state index contributed by atoms with van der Waals surface area (Å²) in [7, 11) is -1.83. The molecule has 2 aromatic heterocycles. The highest BCUT2D eigenvalue weighted by Crippen LogP contribution is 2.33. The summed E-state index contributed by atoms with van der Waals surface area (Å²) in [4.78, 5) is 15.9. The Morgan fingerprint density at radius 3 is 2.86 bits per heavy atom. The number of pyridine rings is 1. The van der Waals surface area contributed by atoms with Gasteiger partial charge in [-0.25, -0.2) is 13.4 Å². The first-order valence-electron chi connectivity index (χ1n) is 9.51. The van der Waals surface area contributed by atoms with E-state index < -0.39 is 10.0 Å². The Balaban J connectivity index is 1.63. The highest BCUT2D eigenvalue weighted by atomic mass is 32.2. The van der Waals surface area contributed by atoms with Gasteiger partial charge in [-0.2, -0.15) is 9.40 Å². The van der Waals surface area contributed by atoms with Crippen molar-refractivity contribution in [1.82, 2.24) is 19.1 Å². The first kappa shape index (κ1) is 19.5. The average Bonchev–Trinajstić information content (AvgIpc) is 3.05. The number of carbonyl (C=O) groups is 1. The van der Waals surface area contributed by atoms with Gasteiger partial charge in [-0.1, -0.05) is 6.07 Å². The molecular formula is C20H23N5O3S. The zero-order valence-corrected chi connectivity index (χ0v) is 17.2. The molecule has 1 amide bonds. The molecule has 29 heavy (non-hydrogen) atoms. The largest absolute Gasteiger partial charge is 0.326 e. The van der Waals surface area contributed by atoms with Crippen molar-refractivity contribution in [3.05, 3.63) is 48.3 Å². The third-order valence-corrected chi connectivity index (χ3v) is 7.05. The van der Waals surface area contributed by atoms with Crippen LogP contribution in [-0.2, 0) is 21.9 Å². The van der Waals surface area contributed by atoms with Gasteiger partial charge in [0.15, 0.2) is 5.65 Å². The van der Waals surface area contributed by atoms with E-state index in [4.69, 9.17) is 0 Å². The maximum atomic E-state index is 13.2. The van der Waals surface area contributed by atoms with E-state index >= 15 is 0 Å².